The number of H-pyrrole nitrogens is 1. The average molecular weight is 438 g/mol. The van der Waals surface area contributed by atoms with Crippen molar-refractivity contribution in [1.29, 1.82) is 0 Å². The zero-order chi connectivity index (χ0) is 23.3. The summed E-state index contributed by atoms with van der Waals surface area (Å²) in [6.45, 7) is 6.30. The van der Waals surface area contributed by atoms with E-state index >= 15 is 0 Å². The highest BCUT2D eigenvalue weighted by molar-refractivity contribution is 6.08. The SMILES string of the molecule is CCOc1ncccc1C(=O)N(CC(C)C)c1c(N)n(Cc2ccccc2)c(=O)[nH]c1=O. The first-order valence-corrected chi connectivity index (χ1v) is 10.4. The summed E-state index contributed by atoms with van der Waals surface area (Å²) in [6.07, 6.45) is 1.52. The molecule has 1 amide bonds. The molecule has 0 saturated carbocycles. The fourth-order valence-corrected chi connectivity index (χ4v) is 3.35. The van der Waals surface area contributed by atoms with Crippen molar-refractivity contribution in [2.45, 2.75) is 27.3 Å². The maximum Gasteiger partial charge on any atom is 0.330 e. The first-order valence-electron chi connectivity index (χ1n) is 10.4. The van der Waals surface area contributed by atoms with Gasteiger partial charge in [0.1, 0.15) is 11.4 Å². The van der Waals surface area contributed by atoms with Gasteiger partial charge in [-0.1, -0.05) is 44.2 Å². The summed E-state index contributed by atoms with van der Waals surface area (Å²) in [6, 6.07) is 12.4. The Labute approximate surface area is 185 Å². The van der Waals surface area contributed by atoms with Gasteiger partial charge in [0, 0.05) is 12.7 Å². The van der Waals surface area contributed by atoms with Crippen molar-refractivity contribution < 1.29 is 9.53 Å². The first-order chi connectivity index (χ1) is 15.3. The van der Waals surface area contributed by atoms with Crippen LogP contribution in [0.15, 0.2) is 58.3 Å². The van der Waals surface area contributed by atoms with Gasteiger partial charge in [0.15, 0.2) is 5.69 Å². The summed E-state index contributed by atoms with van der Waals surface area (Å²) in [5, 5.41) is 0. The van der Waals surface area contributed by atoms with Crippen molar-refractivity contribution in [2.24, 2.45) is 5.92 Å². The molecule has 0 aliphatic heterocycles. The summed E-state index contributed by atoms with van der Waals surface area (Å²) < 4.78 is 6.75. The standard InChI is InChI=1S/C23H27N5O4/c1-4-32-21-17(11-8-12-25-21)22(30)27(13-15(2)3)18-19(24)28(23(31)26-20(18)29)14-16-9-6-5-7-10-16/h5-12,15H,4,13-14,24H2,1-3H3,(H,26,29,31). The van der Waals surface area contributed by atoms with Gasteiger partial charge >= 0.3 is 5.69 Å². The minimum atomic E-state index is -0.729. The number of aromatic nitrogens is 3. The molecule has 168 valence electrons. The number of aromatic amines is 1. The number of amides is 1. The zero-order valence-corrected chi connectivity index (χ0v) is 18.4. The topological polar surface area (TPSA) is 123 Å². The largest absolute Gasteiger partial charge is 0.477 e. The molecule has 32 heavy (non-hydrogen) atoms. The van der Waals surface area contributed by atoms with E-state index in [1.54, 1.807) is 19.1 Å². The predicted octanol–water partition coefficient (Wildman–Crippen LogP) is 2.26. The Morgan fingerprint density at radius 2 is 1.91 bits per heavy atom. The predicted molar refractivity (Wildman–Crippen MR) is 123 cm³/mol. The Morgan fingerprint density at radius 1 is 1.19 bits per heavy atom. The normalized spacial score (nSPS) is 10.9. The highest BCUT2D eigenvalue weighted by Gasteiger charge is 2.28. The monoisotopic (exact) mass is 437 g/mol. The van der Waals surface area contributed by atoms with Crippen molar-refractivity contribution >= 4 is 17.4 Å². The molecule has 0 spiro atoms. The second-order valence-electron chi connectivity index (χ2n) is 7.66. The van der Waals surface area contributed by atoms with E-state index in [0.717, 1.165) is 5.56 Å². The second-order valence-corrected chi connectivity index (χ2v) is 7.66. The lowest BCUT2D eigenvalue weighted by Crippen LogP contribution is -2.43. The van der Waals surface area contributed by atoms with Gasteiger partial charge in [0.05, 0.1) is 13.2 Å². The number of benzene rings is 1. The molecule has 3 N–H and O–H groups in total. The van der Waals surface area contributed by atoms with Crippen LogP contribution in [0.5, 0.6) is 5.88 Å². The first kappa shape index (κ1) is 22.8. The molecule has 1 aromatic carbocycles. The third-order valence-corrected chi connectivity index (χ3v) is 4.74. The number of hydrogen-bond donors (Lipinski definition) is 2. The van der Waals surface area contributed by atoms with Gasteiger partial charge in [-0.05, 0) is 30.5 Å². The molecule has 3 aromatic rings. The van der Waals surface area contributed by atoms with Crippen molar-refractivity contribution in [3.8, 4) is 5.88 Å². The quantitative estimate of drug-likeness (QED) is 0.557. The van der Waals surface area contributed by atoms with Crippen LogP contribution in [0, 0.1) is 5.92 Å². The van der Waals surface area contributed by atoms with E-state index < -0.39 is 17.2 Å². The molecule has 3 rings (SSSR count). The molecule has 9 nitrogen and oxygen atoms in total. The number of nitrogens with one attached hydrogen (secondary N) is 1. The minimum absolute atomic E-state index is 0.0134. The molecule has 2 aromatic heterocycles. The van der Waals surface area contributed by atoms with Crippen LogP contribution in [-0.2, 0) is 6.54 Å². The number of ether oxygens (including phenoxy) is 1. The Bertz CT molecular complexity index is 1200. The molecule has 9 heteroatoms. The van der Waals surface area contributed by atoms with Crippen molar-refractivity contribution in [3.05, 3.63) is 80.6 Å². The summed E-state index contributed by atoms with van der Waals surface area (Å²) in [7, 11) is 0. The summed E-state index contributed by atoms with van der Waals surface area (Å²) in [5.41, 5.74) is 5.90. The van der Waals surface area contributed by atoms with Gasteiger partial charge in [-0.25, -0.2) is 9.78 Å². The molecule has 0 saturated heterocycles. The van der Waals surface area contributed by atoms with Crippen molar-refractivity contribution in [3.63, 3.8) is 0 Å². The summed E-state index contributed by atoms with van der Waals surface area (Å²) in [4.78, 5) is 46.7. The number of nitrogen functional groups attached to an aromatic ring is 1. The van der Waals surface area contributed by atoms with Gasteiger partial charge in [-0.3, -0.25) is 19.1 Å². The number of carbonyl (C=O) groups is 1. The van der Waals surface area contributed by atoms with Gasteiger partial charge < -0.3 is 15.4 Å². The van der Waals surface area contributed by atoms with E-state index in [1.165, 1.54) is 15.7 Å². The summed E-state index contributed by atoms with van der Waals surface area (Å²) >= 11 is 0. The van der Waals surface area contributed by atoms with Crippen LogP contribution in [0.3, 0.4) is 0 Å². The number of rotatable bonds is 8. The Kier molecular flexibility index (Phi) is 7.09. The highest BCUT2D eigenvalue weighted by atomic mass is 16.5. The zero-order valence-electron chi connectivity index (χ0n) is 18.4. The van der Waals surface area contributed by atoms with Crippen LogP contribution in [0.1, 0.15) is 36.7 Å². The van der Waals surface area contributed by atoms with Crippen LogP contribution in [-0.4, -0.2) is 33.6 Å². The Morgan fingerprint density at radius 3 is 2.56 bits per heavy atom. The smallest absolute Gasteiger partial charge is 0.330 e. The molecular formula is C23H27N5O4. The van der Waals surface area contributed by atoms with Crippen LogP contribution in [0.4, 0.5) is 11.5 Å². The van der Waals surface area contributed by atoms with E-state index in [9.17, 15) is 14.4 Å². The molecule has 0 aliphatic carbocycles. The third kappa shape index (κ3) is 4.88. The highest BCUT2D eigenvalue weighted by Crippen LogP contribution is 2.24. The number of nitrogens with two attached hydrogens (primary N) is 1. The lowest BCUT2D eigenvalue weighted by atomic mass is 10.1. The van der Waals surface area contributed by atoms with Crippen molar-refractivity contribution in [2.75, 3.05) is 23.8 Å². The second kappa shape index (κ2) is 9.95. The molecule has 2 heterocycles. The summed E-state index contributed by atoms with van der Waals surface area (Å²) in [5.74, 6) is -0.392. The maximum absolute atomic E-state index is 13.5. The number of anilines is 2. The van der Waals surface area contributed by atoms with Crippen LogP contribution < -0.4 is 26.6 Å². The molecule has 0 unspecified atom stereocenters. The lowest BCUT2D eigenvalue weighted by molar-refractivity contribution is 0.0979. The van der Waals surface area contributed by atoms with Crippen molar-refractivity contribution in [1.82, 2.24) is 14.5 Å². The molecule has 0 atom stereocenters. The number of hydrogen-bond acceptors (Lipinski definition) is 6. The third-order valence-electron chi connectivity index (χ3n) is 4.74. The van der Waals surface area contributed by atoms with Crippen LogP contribution >= 0.6 is 0 Å². The van der Waals surface area contributed by atoms with Gasteiger partial charge in [-0.2, -0.15) is 0 Å². The van der Waals surface area contributed by atoms with Crippen LogP contribution in [0.2, 0.25) is 0 Å². The van der Waals surface area contributed by atoms with Gasteiger partial charge in [0.2, 0.25) is 5.88 Å². The number of carbonyl (C=O) groups excluding carboxylic acids is 1. The molecule has 0 bridgehead atoms. The molecular weight excluding hydrogens is 410 g/mol. The maximum atomic E-state index is 13.5. The Balaban J connectivity index is 2.14. The molecule has 0 fully saturated rings. The van der Waals surface area contributed by atoms with E-state index in [0.29, 0.717) is 6.61 Å². The van der Waals surface area contributed by atoms with Gasteiger partial charge in [-0.15, -0.1) is 0 Å². The minimum Gasteiger partial charge on any atom is -0.477 e. The van der Waals surface area contributed by atoms with E-state index in [1.807, 2.05) is 44.2 Å². The van der Waals surface area contributed by atoms with Crippen LogP contribution in [0.25, 0.3) is 0 Å². The number of pyridine rings is 1. The molecule has 0 aliphatic rings. The Hall–Kier alpha value is -3.88. The van der Waals surface area contributed by atoms with Gasteiger partial charge in [0.25, 0.3) is 11.5 Å². The lowest BCUT2D eigenvalue weighted by Gasteiger charge is -2.26. The number of nitrogens with zero attached hydrogens (tertiary/aromatic N) is 3. The average Bonchev–Trinajstić information content (AvgIpc) is 2.76. The fourth-order valence-electron chi connectivity index (χ4n) is 3.35. The fraction of sp³-hybridized carbons (Fsp3) is 0.304. The van der Waals surface area contributed by atoms with E-state index in [-0.39, 0.29) is 42.0 Å². The molecule has 0 radical (unpaired) electrons. The van der Waals surface area contributed by atoms with E-state index in [4.69, 9.17) is 10.5 Å². The van der Waals surface area contributed by atoms with E-state index in [2.05, 4.69) is 9.97 Å².